The first-order valence-electron chi connectivity index (χ1n) is 11.8. The maximum absolute atomic E-state index is 11.5. The number of carbonyl (C=O) groups excluding carboxylic acids is 1. The molecule has 4 heteroatoms. The Kier molecular flexibility index (Phi) is 11.2. The first kappa shape index (κ1) is 25.4. The van der Waals surface area contributed by atoms with Gasteiger partial charge in [0.1, 0.15) is 0 Å². The number of nitrogens with one attached hydrogen (secondary N) is 1. The van der Waals surface area contributed by atoms with Crippen molar-refractivity contribution in [1.29, 1.82) is 0 Å². The van der Waals surface area contributed by atoms with Gasteiger partial charge in [0.05, 0.1) is 6.61 Å². The molecule has 1 N–H and O–H groups in total. The fourth-order valence-corrected chi connectivity index (χ4v) is 6.03. The Bertz CT molecular complexity index is 529. The minimum Gasteiger partial charge on any atom is -0.528 e. The van der Waals surface area contributed by atoms with Crippen molar-refractivity contribution in [1.82, 2.24) is 5.32 Å². The molecular weight excluding hydrogens is 584 g/mol. The molecule has 3 fully saturated rings. The first-order valence-corrected chi connectivity index (χ1v) is 11.8. The molecule has 0 aromatic rings. The van der Waals surface area contributed by atoms with Gasteiger partial charge in [-0.15, -0.1) is 18.1 Å². The second-order valence-electron chi connectivity index (χ2n) is 9.55. The summed E-state index contributed by atoms with van der Waals surface area (Å²) in [4.78, 5) is 11.5. The van der Waals surface area contributed by atoms with E-state index >= 15 is 0 Å². The number of cyclic esters (lactones) is 1. The largest absolute Gasteiger partial charge is 2.00 e. The van der Waals surface area contributed by atoms with Gasteiger partial charge in [-0.1, -0.05) is 57.8 Å². The van der Waals surface area contributed by atoms with Crippen LogP contribution in [0.1, 0.15) is 84.5 Å². The molecule has 162 valence electrons. The number of esters is 1. The van der Waals surface area contributed by atoms with Gasteiger partial charge < -0.3 is 20.8 Å². The van der Waals surface area contributed by atoms with E-state index in [4.69, 9.17) is 4.74 Å². The number of carbonyl (C=O) groups is 1. The van der Waals surface area contributed by atoms with Crippen LogP contribution in [0.2, 0.25) is 0 Å². The van der Waals surface area contributed by atoms with Crippen LogP contribution in [0.3, 0.4) is 0 Å². The predicted octanol–water partition coefficient (Wildman–Crippen LogP) is 5.66. The van der Waals surface area contributed by atoms with E-state index in [1.54, 1.807) is 5.92 Å². The molecule has 0 spiro atoms. The Hall–Kier alpha value is 0.0919. The van der Waals surface area contributed by atoms with Gasteiger partial charge in [0.25, 0.3) is 0 Å². The third-order valence-electron chi connectivity index (χ3n) is 7.86. The summed E-state index contributed by atoms with van der Waals surface area (Å²) in [5, 5.41) is 3.30. The van der Waals surface area contributed by atoms with E-state index in [-0.39, 0.29) is 37.1 Å². The van der Waals surface area contributed by atoms with Crippen molar-refractivity contribution in [2.24, 2.45) is 23.7 Å². The Labute approximate surface area is 202 Å². The monoisotopic (exact) mass is 625 g/mol. The molecule has 29 heavy (non-hydrogen) atoms. The SMILES string of the molecule is CNC1CCCCC1.C[C-]1CCC2C(C)CCCC2C1C[CH-]C1=CCOC1=O.[U+2]. The molecule has 3 aliphatic carbocycles. The fourth-order valence-electron chi connectivity index (χ4n) is 6.03. The average molecular weight is 626 g/mol. The van der Waals surface area contributed by atoms with Crippen LogP contribution in [-0.4, -0.2) is 25.7 Å². The molecule has 0 radical (unpaired) electrons. The van der Waals surface area contributed by atoms with Crippen molar-refractivity contribution >= 4 is 5.97 Å². The number of hydrogen-bond donors (Lipinski definition) is 1. The van der Waals surface area contributed by atoms with E-state index in [0.29, 0.717) is 12.5 Å². The van der Waals surface area contributed by atoms with Crippen LogP contribution in [0, 0.1) is 67.1 Å². The van der Waals surface area contributed by atoms with E-state index in [1.807, 2.05) is 6.08 Å². The van der Waals surface area contributed by atoms with E-state index < -0.39 is 0 Å². The van der Waals surface area contributed by atoms with Crippen molar-refractivity contribution in [2.75, 3.05) is 13.7 Å². The van der Waals surface area contributed by atoms with Gasteiger partial charge >= 0.3 is 31.1 Å². The fraction of sp³-hybridized carbons (Fsp3) is 0.800. The number of rotatable bonds is 4. The number of ether oxygens (including phenoxy) is 1. The third kappa shape index (κ3) is 7.05. The van der Waals surface area contributed by atoms with E-state index in [2.05, 4.69) is 32.6 Å². The second kappa shape index (κ2) is 12.8. The standard InChI is InChI=1S/C18H26O2.C7H15N.U/c1-12-4-3-5-17-15(12)8-6-13(2)16(17)9-7-14-10-11-20-18(14)19;1-8-7-5-3-2-4-6-7;/h7,10,12,15-17H,3-6,8-9,11H2,1-2H3;7-8H,2-6H2,1H3;/q-2;;+2. The molecular formula is C25H41NO2U. The molecule has 0 saturated heterocycles. The smallest absolute Gasteiger partial charge is 0.528 e. The normalized spacial score (nSPS) is 32.8. The van der Waals surface area contributed by atoms with Crippen LogP contribution in [0.5, 0.6) is 0 Å². The molecule has 4 aliphatic rings. The molecule has 4 rings (SSSR count). The topological polar surface area (TPSA) is 38.3 Å². The molecule has 4 atom stereocenters. The first-order chi connectivity index (χ1) is 13.6. The Balaban J connectivity index is 0.000000283. The summed E-state index contributed by atoms with van der Waals surface area (Å²) in [5.74, 6) is 4.86. The second-order valence-corrected chi connectivity index (χ2v) is 9.55. The zero-order valence-corrected chi connectivity index (χ0v) is 23.0. The predicted molar refractivity (Wildman–Crippen MR) is 116 cm³/mol. The third-order valence-corrected chi connectivity index (χ3v) is 7.86. The maximum atomic E-state index is 11.5. The van der Waals surface area contributed by atoms with Gasteiger partial charge in [-0.05, 0) is 31.7 Å². The van der Waals surface area contributed by atoms with Gasteiger partial charge in [-0.25, -0.2) is 0 Å². The molecule has 0 amide bonds. The van der Waals surface area contributed by atoms with Crippen LogP contribution < -0.4 is 5.32 Å². The molecule has 1 heterocycles. The minimum absolute atomic E-state index is 0. The molecule has 0 aromatic heterocycles. The Morgan fingerprint density at radius 3 is 2.48 bits per heavy atom. The zero-order valence-electron chi connectivity index (χ0n) is 18.8. The molecule has 4 unspecified atom stereocenters. The summed E-state index contributed by atoms with van der Waals surface area (Å²) in [6.45, 7) is 5.23. The number of hydrogen-bond acceptors (Lipinski definition) is 3. The van der Waals surface area contributed by atoms with Gasteiger partial charge in [0, 0.05) is 6.04 Å². The van der Waals surface area contributed by atoms with Crippen LogP contribution in [0.4, 0.5) is 0 Å². The molecule has 3 nitrogen and oxygen atoms in total. The average Bonchev–Trinajstić information content (AvgIpc) is 3.13. The van der Waals surface area contributed by atoms with E-state index in [0.717, 1.165) is 35.8 Å². The van der Waals surface area contributed by atoms with Gasteiger partial charge in [0.2, 0.25) is 5.97 Å². The Morgan fingerprint density at radius 1 is 1.10 bits per heavy atom. The summed E-state index contributed by atoms with van der Waals surface area (Å²) in [6.07, 6.45) is 19.1. The number of fused-ring (bicyclic) bond motifs is 1. The molecule has 3 saturated carbocycles. The van der Waals surface area contributed by atoms with Gasteiger partial charge in [-0.3, -0.25) is 0 Å². The molecule has 0 bridgehead atoms. The summed E-state index contributed by atoms with van der Waals surface area (Å²) >= 11 is 0. The van der Waals surface area contributed by atoms with Crippen LogP contribution in [0.15, 0.2) is 11.6 Å². The zero-order chi connectivity index (χ0) is 19.9. The summed E-state index contributed by atoms with van der Waals surface area (Å²) in [6, 6.07) is 0.837. The van der Waals surface area contributed by atoms with Crippen molar-refractivity contribution in [3.8, 4) is 0 Å². The van der Waals surface area contributed by atoms with Gasteiger partial charge in [-0.2, -0.15) is 25.7 Å². The Morgan fingerprint density at radius 2 is 1.86 bits per heavy atom. The van der Waals surface area contributed by atoms with Gasteiger partial charge in [0.15, 0.2) is 0 Å². The van der Waals surface area contributed by atoms with Crippen molar-refractivity contribution < 1.29 is 40.6 Å². The summed E-state index contributed by atoms with van der Waals surface area (Å²) in [7, 11) is 2.07. The van der Waals surface area contributed by atoms with E-state index in [1.165, 1.54) is 64.2 Å². The molecule has 0 aromatic carbocycles. The minimum atomic E-state index is -0.132. The molecule has 1 aliphatic heterocycles. The quantitative estimate of drug-likeness (QED) is 0.324. The van der Waals surface area contributed by atoms with Crippen molar-refractivity contribution in [3.05, 3.63) is 24.0 Å². The van der Waals surface area contributed by atoms with Crippen LogP contribution in [0.25, 0.3) is 0 Å². The maximum Gasteiger partial charge on any atom is 2.00 e. The summed E-state index contributed by atoms with van der Waals surface area (Å²) in [5.41, 5.74) is 0.795. The van der Waals surface area contributed by atoms with Crippen LogP contribution in [-0.2, 0) is 9.53 Å². The van der Waals surface area contributed by atoms with E-state index in [9.17, 15) is 4.79 Å². The van der Waals surface area contributed by atoms with Crippen molar-refractivity contribution in [3.63, 3.8) is 0 Å². The summed E-state index contributed by atoms with van der Waals surface area (Å²) < 4.78 is 4.99. The van der Waals surface area contributed by atoms with Crippen LogP contribution >= 0.6 is 0 Å². The van der Waals surface area contributed by atoms with Crippen molar-refractivity contribution in [2.45, 2.75) is 90.5 Å².